The number of hydrogen-bond acceptors (Lipinski definition) is 3. The van der Waals surface area contributed by atoms with E-state index in [1.807, 2.05) is 0 Å². The Morgan fingerprint density at radius 3 is 2.67 bits per heavy atom. The first kappa shape index (κ1) is 12.0. The Bertz CT molecular complexity index is 249. The zero-order chi connectivity index (χ0) is 11.3. The molecule has 1 aliphatic rings. The van der Waals surface area contributed by atoms with Crippen molar-refractivity contribution < 1.29 is 4.79 Å². The van der Waals surface area contributed by atoms with E-state index in [1.54, 1.807) is 0 Å². The minimum Gasteiger partial charge on any atom is -0.344 e. The Balaban J connectivity index is 2.31. The van der Waals surface area contributed by atoms with Gasteiger partial charge in [0.2, 0.25) is 5.91 Å². The number of rotatable bonds is 3. The third kappa shape index (κ3) is 4.32. The Kier molecular flexibility index (Phi) is 4.60. The zero-order valence-corrected chi connectivity index (χ0v) is 9.42. The highest BCUT2D eigenvalue weighted by Crippen LogP contribution is 2.02. The van der Waals surface area contributed by atoms with Gasteiger partial charge in [0.15, 0.2) is 0 Å². The van der Waals surface area contributed by atoms with Gasteiger partial charge in [0.25, 0.3) is 0 Å². The molecule has 0 spiro atoms. The van der Waals surface area contributed by atoms with Gasteiger partial charge in [-0.2, -0.15) is 0 Å². The molecule has 0 radical (unpaired) electrons. The fraction of sp³-hybridized carbons (Fsp3) is 0.727. The van der Waals surface area contributed by atoms with Crippen LogP contribution in [0.1, 0.15) is 13.8 Å². The SMILES string of the molecule is C#CCNC(=O)CN1CC(C)NC(C)C1. The summed E-state index contributed by atoms with van der Waals surface area (Å²) in [4.78, 5) is 13.6. The van der Waals surface area contributed by atoms with E-state index in [-0.39, 0.29) is 5.91 Å². The summed E-state index contributed by atoms with van der Waals surface area (Å²) in [5.41, 5.74) is 0. The molecule has 1 heterocycles. The lowest BCUT2D eigenvalue weighted by Crippen LogP contribution is -2.56. The van der Waals surface area contributed by atoms with Crippen molar-refractivity contribution in [1.29, 1.82) is 0 Å². The highest BCUT2D eigenvalue weighted by Gasteiger charge is 2.22. The maximum absolute atomic E-state index is 11.4. The van der Waals surface area contributed by atoms with E-state index in [1.165, 1.54) is 0 Å². The second kappa shape index (κ2) is 5.74. The van der Waals surface area contributed by atoms with Crippen LogP contribution in [0, 0.1) is 12.3 Å². The Morgan fingerprint density at radius 1 is 1.53 bits per heavy atom. The summed E-state index contributed by atoms with van der Waals surface area (Å²) < 4.78 is 0. The molecule has 4 nitrogen and oxygen atoms in total. The molecule has 1 aliphatic heterocycles. The molecule has 15 heavy (non-hydrogen) atoms. The van der Waals surface area contributed by atoms with E-state index in [4.69, 9.17) is 6.42 Å². The second-order valence-corrected chi connectivity index (χ2v) is 4.14. The molecule has 1 saturated heterocycles. The number of carbonyl (C=O) groups is 1. The molecule has 84 valence electrons. The van der Waals surface area contributed by atoms with Gasteiger partial charge in [-0.1, -0.05) is 5.92 Å². The van der Waals surface area contributed by atoms with E-state index in [0.29, 0.717) is 25.2 Å². The van der Waals surface area contributed by atoms with Gasteiger partial charge in [-0.3, -0.25) is 9.69 Å². The molecule has 2 unspecified atom stereocenters. The molecule has 1 amide bonds. The van der Waals surface area contributed by atoms with E-state index in [2.05, 4.69) is 35.3 Å². The molecule has 1 fully saturated rings. The fourth-order valence-electron chi connectivity index (χ4n) is 1.98. The van der Waals surface area contributed by atoms with Crippen molar-refractivity contribution in [3.05, 3.63) is 0 Å². The third-order valence-corrected chi connectivity index (χ3v) is 2.39. The van der Waals surface area contributed by atoms with Gasteiger partial charge in [-0.25, -0.2) is 0 Å². The highest BCUT2D eigenvalue weighted by atomic mass is 16.2. The first-order chi connectivity index (χ1) is 7.11. The van der Waals surface area contributed by atoms with Crippen LogP contribution in [0.3, 0.4) is 0 Å². The smallest absolute Gasteiger partial charge is 0.234 e. The maximum Gasteiger partial charge on any atom is 0.234 e. The number of amides is 1. The van der Waals surface area contributed by atoms with E-state index < -0.39 is 0 Å². The monoisotopic (exact) mass is 209 g/mol. The molecule has 1 rings (SSSR count). The maximum atomic E-state index is 11.4. The summed E-state index contributed by atoms with van der Waals surface area (Å²) in [5.74, 6) is 2.40. The molecule has 0 bridgehead atoms. The van der Waals surface area contributed by atoms with Crippen molar-refractivity contribution in [2.24, 2.45) is 0 Å². The molecule has 0 aromatic rings. The van der Waals surface area contributed by atoms with Crippen molar-refractivity contribution >= 4 is 5.91 Å². The summed E-state index contributed by atoms with van der Waals surface area (Å²) in [5, 5.41) is 6.09. The molecule has 2 N–H and O–H groups in total. The molecule has 0 aromatic carbocycles. The van der Waals surface area contributed by atoms with Crippen LogP contribution >= 0.6 is 0 Å². The van der Waals surface area contributed by atoms with Gasteiger partial charge in [0.1, 0.15) is 0 Å². The van der Waals surface area contributed by atoms with Gasteiger partial charge in [0.05, 0.1) is 13.1 Å². The lowest BCUT2D eigenvalue weighted by atomic mass is 10.1. The fourth-order valence-corrected chi connectivity index (χ4v) is 1.98. The Hall–Kier alpha value is -1.05. The summed E-state index contributed by atoms with van der Waals surface area (Å²) in [6.07, 6.45) is 5.07. The normalized spacial score (nSPS) is 27.0. The predicted molar refractivity (Wildman–Crippen MR) is 60.3 cm³/mol. The van der Waals surface area contributed by atoms with Gasteiger partial charge < -0.3 is 10.6 Å². The molecule has 0 aromatic heterocycles. The van der Waals surface area contributed by atoms with Crippen LogP contribution < -0.4 is 10.6 Å². The highest BCUT2D eigenvalue weighted by molar-refractivity contribution is 5.78. The topological polar surface area (TPSA) is 44.4 Å². The number of terminal acetylenes is 1. The number of carbonyl (C=O) groups excluding carboxylic acids is 1. The van der Waals surface area contributed by atoms with Gasteiger partial charge >= 0.3 is 0 Å². The predicted octanol–water partition coefficient (Wildman–Crippen LogP) is -0.582. The van der Waals surface area contributed by atoms with Gasteiger partial charge in [0, 0.05) is 25.2 Å². The first-order valence-corrected chi connectivity index (χ1v) is 5.30. The van der Waals surface area contributed by atoms with Crippen LogP contribution in [-0.4, -0.2) is 49.1 Å². The van der Waals surface area contributed by atoms with Crippen LogP contribution in [0.4, 0.5) is 0 Å². The van der Waals surface area contributed by atoms with Crippen molar-refractivity contribution in [2.75, 3.05) is 26.2 Å². The lowest BCUT2D eigenvalue weighted by molar-refractivity contribution is -0.122. The molecule has 2 atom stereocenters. The van der Waals surface area contributed by atoms with Crippen LogP contribution in [0.25, 0.3) is 0 Å². The number of hydrogen-bond donors (Lipinski definition) is 2. The largest absolute Gasteiger partial charge is 0.344 e. The quantitative estimate of drug-likeness (QED) is 0.611. The number of piperazine rings is 1. The standard InChI is InChI=1S/C11H19N3O/c1-4-5-12-11(15)8-14-6-9(2)13-10(3)7-14/h1,9-10,13H,5-8H2,2-3H3,(H,12,15). The van der Waals surface area contributed by atoms with Gasteiger partial charge in [-0.05, 0) is 13.8 Å². The van der Waals surface area contributed by atoms with E-state index >= 15 is 0 Å². The third-order valence-electron chi connectivity index (χ3n) is 2.39. The van der Waals surface area contributed by atoms with Crippen molar-refractivity contribution in [3.63, 3.8) is 0 Å². The Morgan fingerprint density at radius 2 is 2.13 bits per heavy atom. The minimum absolute atomic E-state index is 0.00856. The molecular weight excluding hydrogens is 190 g/mol. The number of nitrogens with one attached hydrogen (secondary N) is 2. The molecular formula is C11H19N3O. The first-order valence-electron chi connectivity index (χ1n) is 5.30. The van der Waals surface area contributed by atoms with E-state index in [0.717, 1.165) is 13.1 Å². The van der Waals surface area contributed by atoms with Crippen molar-refractivity contribution in [1.82, 2.24) is 15.5 Å². The Labute approximate surface area is 91.4 Å². The zero-order valence-electron chi connectivity index (χ0n) is 9.42. The van der Waals surface area contributed by atoms with Gasteiger partial charge in [-0.15, -0.1) is 6.42 Å². The molecule has 4 heteroatoms. The van der Waals surface area contributed by atoms with Crippen LogP contribution in [0.15, 0.2) is 0 Å². The van der Waals surface area contributed by atoms with Crippen LogP contribution in [0.2, 0.25) is 0 Å². The average Bonchev–Trinajstić information content (AvgIpc) is 2.13. The minimum atomic E-state index is 0.00856. The van der Waals surface area contributed by atoms with E-state index in [9.17, 15) is 4.79 Å². The summed E-state index contributed by atoms with van der Waals surface area (Å²) in [6, 6.07) is 0.878. The second-order valence-electron chi connectivity index (χ2n) is 4.14. The average molecular weight is 209 g/mol. The van der Waals surface area contributed by atoms with Crippen LogP contribution in [-0.2, 0) is 4.79 Å². The summed E-state index contributed by atoms with van der Waals surface area (Å²) >= 11 is 0. The molecule has 0 saturated carbocycles. The number of nitrogens with zero attached hydrogens (tertiary/aromatic N) is 1. The lowest BCUT2D eigenvalue weighted by Gasteiger charge is -2.35. The molecule has 0 aliphatic carbocycles. The van der Waals surface area contributed by atoms with Crippen molar-refractivity contribution in [2.45, 2.75) is 25.9 Å². The van der Waals surface area contributed by atoms with Crippen LogP contribution in [0.5, 0.6) is 0 Å². The van der Waals surface area contributed by atoms with Crippen molar-refractivity contribution in [3.8, 4) is 12.3 Å². The summed E-state index contributed by atoms with van der Waals surface area (Å²) in [6.45, 7) is 6.83. The summed E-state index contributed by atoms with van der Waals surface area (Å²) in [7, 11) is 0.